The van der Waals surface area contributed by atoms with E-state index in [4.69, 9.17) is 5.73 Å². The van der Waals surface area contributed by atoms with Crippen LogP contribution >= 0.6 is 0 Å². The van der Waals surface area contributed by atoms with Gasteiger partial charge in [-0.05, 0) is 24.6 Å². The van der Waals surface area contributed by atoms with E-state index in [-0.39, 0.29) is 18.3 Å². The van der Waals surface area contributed by atoms with Crippen LogP contribution < -0.4 is 11.1 Å². The van der Waals surface area contributed by atoms with Gasteiger partial charge in [0.2, 0.25) is 11.8 Å². The van der Waals surface area contributed by atoms with Crippen LogP contribution in [-0.4, -0.2) is 53.8 Å². The van der Waals surface area contributed by atoms with Gasteiger partial charge in [-0.2, -0.15) is 0 Å². The largest absolute Gasteiger partial charge is 0.368 e. The van der Waals surface area contributed by atoms with Crippen molar-refractivity contribution in [1.29, 1.82) is 0 Å². The molecule has 2 amide bonds. The molecule has 0 aliphatic carbocycles. The van der Waals surface area contributed by atoms with Gasteiger partial charge in [-0.25, -0.2) is 4.39 Å². The summed E-state index contributed by atoms with van der Waals surface area (Å²) in [7, 11) is 0. The molecule has 0 saturated carbocycles. The first-order valence-corrected chi connectivity index (χ1v) is 9.28. The zero-order chi connectivity index (χ0) is 20.1. The van der Waals surface area contributed by atoms with Crippen LogP contribution in [0.15, 0.2) is 48.5 Å². The summed E-state index contributed by atoms with van der Waals surface area (Å²) >= 11 is 0. The molecule has 1 aliphatic rings. The molecule has 1 saturated heterocycles. The third-order valence-corrected chi connectivity index (χ3v) is 5.04. The summed E-state index contributed by atoms with van der Waals surface area (Å²) in [5.41, 5.74) is 7.58. The molecule has 148 valence electrons. The number of nitrogens with zero attached hydrogens (tertiary/aromatic N) is 2. The quantitative estimate of drug-likeness (QED) is 0.795. The number of nitrogens with two attached hydrogens (primary N) is 1. The van der Waals surface area contributed by atoms with Crippen molar-refractivity contribution in [1.82, 2.24) is 9.80 Å². The lowest BCUT2D eigenvalue weighted by molar-refractivity contribution is -0.127. The number of nitrogens with one attached hydrogen (secondary N) is 1. The molecule has 1 atom stereocenters. The summed E-state index contributed by atoms with van der Waals surface area (Å²) in [6, 6.07) is 14.0. The predicted octanol–water partition coefficient (Wildman–Crippen LogP) is 1.74. The summed E-state index contributed by atoms with van der Waals surface area (Å²) in [6.07, 6.45) is 0. The second-order valence-corrected chi connectivity index (χ2v) is 7.07. The summed E-state index contributed by atoms with van der Waals surface area (Å²) in [5, 5.41) is 2.72. The van der Waals surface area contributed by atoms with Crippen molar-refractivity contribution in [3.63, 3.8) is 0 Å². The molecule has 3 rings (SSSR count). The van der Waals surface area contributed by atoms with Gasteiger partial charge in [-0.1, -0.05) is 36.4 Å². The number of hydrogen-bond acceptors (Lipinski definition) is 4. The summed E-state index contributed by atoms with van der Waals surface area (Å²) in [5.74, 6) is -1.12. The number of primary amides is 1. The van der Waals surface area contributed by atoms with E-state index in [0.717, 1.165) is 13.1 Å². The molecular weight excluding hydrogens is 359 g/mol. The number of piperazine rings is 1. The number of carbonyl (C=O) groups is 2. The van der Waals surface area contributed by atoms with E-state index < -0.39 is 11.9 Å². The molecule has 0 aromatic heterocycles. The first-order chi connectivity index (χ1) is 13.4. The van der Waals surface area contributed by atoms with Crippen LogP contribution in [-0.2, 0) is 16.1 Å². The van der Waals surface area contributed by atoms with E-state index in [2.05, 4.69) is 10.2 Å². The van der Waals surface area contributed by atoms with Gasteiger partial charge in [0.25, 0.3) is 0 Å². The van der Waals surface area contributed by atoms with Crippen molar-refractivity contribution >= 4 is 17.5 Å². The van der Waals surface area contributed by atoms with Gasteiger partial charge in [0.05, 0.1) is 6.54 Å². The van der Waals surface area contributed by atoms with Gasteiger partial charge < -0.3 is 11.1 Å². The van der Waals surface area contributed by atoms with Crippen LogP contribution in [0, 0.1) is 12.7 Å². The van der Waals surface area contributed by atoms with Crippen LogP contribution in [0.4, 0.5) is 10.1 Å². The maximum atomic E-state index is 13.6. The third kappa shape index (κ3) is 4.94. The fourth-order valence-electron chi connectivity index (χ4n) is 3.44. The maximum absolute atomic E-state index is 13.6. The van der Waals surface area contributed by atoms with Gasteiger partial charge in [-0.15, -0.1) is 0 Å². The topological polar surface area (TPSA) is 78.7 Å². The Morgan fingerprint density at radius 3 is 2.61 bits per heavy atom. The fraction of sp³-hybridized carbons (Fsp3) is 0.333. The number of halogens is 1. The molecule has 0 radical (unpaired) electrons. The highest BCUT2D eigenvalue weighted by atomic mass is 19.1. The minimum absolute atomic E-state index is 0.0305. The first kappa shape index (κ1) is 20.0. The fourth-order valence-corrected chi connectivity index (χ4v) is 3.44. The highest BCUT2D eigenvalue weighted by Crippen LogP contribution is 2.18. The molecular formula is C21H25FN4O2. The van der Waals surface area contributed by atoms with E-state index in [1.54, 1.807) is 24.0 Å². The van der Waals surface area contributed by atoms with Crippen molar-refractivity contribution in [2.75, 3.05) is 31.5 Å². The van der Waals surface area contributed by atoms with Crippen LogP contribution in [0.5, 0.6) is 0 Å². The molecule has 1 heterocycles. The molecule has 7 heteroatoms. The second kappa shape index (κ2) is 8.95. The molecule has 1 aliphatic heterocycles. The molecule has 3 N–H and O–H groups in total. The SMILES string of the molecule is Cc1c(F)cccc1NC(=O)CN1CCN(Cc2ccccc2)CC1C(N)=O. The lowest BCUT2D eigenvalue weighted by atomic mass is 10.1. The number of amides is 2. The lowest BCUT2D eigenvalue weighted by Crippen LogP contribution is -2.59. The summed E-state index contributed by atoms with van der Waals surface area (Å²) in [6.45, 7) is 4.12. The summed E-state index contributed by atoms with van der Waals surface area (Å²) in [4.78, 5) is 28.4. The van der Waals surface area contributed by atoms with Crippen molar-refractivity contribution in [3.05, 3.63) is 65.5 Å². The molecule has 0 spiro atoms. The van der Waals surface area contributed by atoms with Crippen molar-refractivity contribution < 1.29 is 14.0 Å². The smallest absolute Gasteiger partial charge is 0.238 e. The molecule has 2 aromatic carbocycles. The zero-order valence-corrected chi connectivity index (χ0v) is 15.9. The Bertz CT molecular complexity index is 844. The standard InChI is InChI=1S/C21H25FN4O2/c1-15-17(22)8-5-9-18(15)24-20(27)14-26-11-10-25(13-19(26)21(23)28)12-16-6-3-2-4-7-16/h2-9,19H,10-14H2,1H3,(H2,23,28)(H,24,27). The van der Waals surface area contributed by atoms with E-state index in [1.165, 1.54) is 11.6 Å². The van der Waals surface area contributed by atoms with Gasteiger partial charge in [-0.3, -0.25) is 19.4 Å². The molecule has 28 heavy (non-hydrogen) atoms. The molecule has 6 nitrogen and oxygen atoms in total. The average molecular weight is 384 g/mol. The Morgan fingerprint density at radius 1 is 1.14 bits per heavy atom. The Kier molecular flexibility index (Phi) is 6.38. The minimum Gasteiger partial charge on any atom is -0.368 e. The molecule has 1 unspecified atom stereocenters. The zero-order valence-electron chi connectivity index (χ0n) is 15.9. The number of benzene rings is 2. The number of rotatable bonds is 6. The monoisotopic (exact) mass is 384 g/mol. The number of carbonyl (C=O) groups excluding carboxylic acids is 2. The second-order valence-electron chi connectivity index (χ2n) is 7.07. The highest BCUT2D eigenvalue weighted by molar-refractivity contribution is 5.93. The number of hydrogen-bond donors (Lipinski definition) is 2. The van der Waals surface area contributed by atoms with E-state index in [1.807, 2.05) is 30.3 Å². The van der Waals surface area contributed by atoms with E-state index >= 15 is 0 Å². The van der Waals surface area contributed by atoms with Crippen LogP contribution in [0.1, 0.15) is 11.1 Å². The molecule has 1 fully saturated rings. The lowest BCUT2D eigenvalue weighted by Gasteiger charge is -2.39. The highest BCUT2D eigenvalue weighted by Gasteiger charge is 2.32. The van der Waals surface area contributed by atoms with E-state index in [0.29, 0.717) is 24.3 Å². The normalized spacial score (nSPS) is 18.0. The van der Waals surface area contributed by atoms with Crippen LogP contribution in [0.2, 0.25) is 0 Å². The van der Waals surface area contributed by atoms with Crippen molar-refractivity contribution in [3.8, 4) is 0 Å². The van der Waals surface area contributed by atoms with Crippen molar-refractivity contribution in [2.45, 2.75) is 19.5 Å². The maximum Gasteiger partial charge on any atom is 0.238 e. The van der Waals surface area contributed by atoms with Crippen LogP contribution in [0.25, 0.3) is 0 Å². The predicted molar refractivity (Wildman–Crippen MR) is 106 cm³/mol. The van der Waals surface area contributed by atoms with Crippen molar-refractivity contribution in [2.24, 2.45) is 5.73 Å². The Balaban J connectivity index is 1.61. The third-order valence-electron chi connectivity index (χ3n) is 5.04. The van der Waals surface area contributed by atoms with E-state index in [9.17, 15) is 14.0 Å². The van der Waals surface area contributed by atoms with Gasteiger partial charge >= 0.3 is 0 Å². The Hall–Kier alpha value is -2.77. The summed E-state index contributed by atoms with van der Waals surface area (Å²) < 4.78 is 13.6. The van der Waals surface area contributed by atoms with Gasteiger partial charge in [0, 0.05) is 37.4 Å². The minimum atomic E-state index is -0.545. The van der Waals surface area contributed by atoms with Gasteiger partial charge in [0.1, 0.15) is 11.9 Å². The van der Waals surface area contributed by atoms with Gasteiger partial charge in [0.15, 0.2) is 0 Å². The molecule has 2 aromatic rings. The first-order valence-electron chi connectivity index (χ1n) is 9.28. The number of anilines is 1. The molecule has 0 bridgehead atoms. The van der Waals surface area contributed by atoms with Crippen LogP contribution in [0.3, 0.4) is 0 Å². The average Bonchev–Trinajstić information content (AvgIpc) is 2.67. The Morgan fingerprint density at radius 2 is 1.89 bits per heavy atom. The Labute approximate surface area is 164 Å².